The molecular weight excluding hydrogens is 578 g/mol. The Hall–Kier alpha value is -4.09. The van der Waals surface area contributed by atoms with Crippen molar-refractivity contribution in [3.63, 3.8) is 0 Å². The number of imide groups is 1. The molecule has 0 bridgehead atoms. The van der Waals surface area contributed by atoms with Gasteiger partial charge >= 0.3 is 11.4 Å². The molecule has 2 aromatic carbocycles. The smallest absolute Gasteiger partial charge is 0.347 e. The maximum absolute atomic E-state index is 14.3. The second-order valence-corrected chi connectivity index (χ2v) is 11.9. The topological polar surface area (TPSA) is 116 Å². The van der Waals surface area contributed by atoms with Gasteiger partial charge in [-0.3, -0.25) is 9.59 Å². The lowest BCUT2D eigenvalue weighted by Gasteiger charge is -2.49. The number of hydrogen-bond donors (Lipinski definition) is 1. The number of benzene rings is 2. The molecule has 1 saturated carbocycles. The molecule has 1 N–H and O–H groups in total. The van der Waals surface area contributed by atoms with Gasteiger partial charge < -0.3 is 9.84 Å². The summed E-state index contributed by atoms with van der Waals surface area (Å²) in [5.74, 6) is -2.74. The van der Waals surface area contributed by atoms with Crippen LogP contribution in [-0.4, -0.2) is 40.6 Å². The minimum Gasteiger partial charge on any atom is -0.508 e. The highest BCUT2D eigenvalue weighted by Gasteiger charge is 2.76. The van der Waals surface area contributed by atoms with E-state index in [0.29, 0.717) is 22.5 Å². The quantitative estimate of drug-likeness (QED) is 0.275. The second-order valence-electron chi connectivity index (χ2n) is 10.6. The van der Waals surface area contributed by atoms with Crippen molar-refractivity contribution < 1.29 is 23.8 Å². The number of carbonyl (C=O) groups is 2. The first-order valence-electron chi connectivity index (χ1n) is 12.8. The fourth-order valence-electron chi connectivity index (χ4n) is 6.58. The van der Waals surface area contributed by atoms with Crippen molar-refractivity contribution in [2.45, 2.75) is 35.2 Å². The van der Waals surface area contributed by atoms with Crippen LogP contribution in [0.4, 0.5) is 10.1 Å². The molecule has 2 amide bonds. The van der Waals surface area contributed by atoms with E-state index < -0.39 is 50.7 Å². The summed E-state index contributed by atoms with van der Waals surface area (Å²) >= 11 is 14.5. The molecule has 1 aliphatic carbocycles. The standard InChI is InChI=1S/C28H21Cl2FN4O6/c1-32-25(39)33-9-8-19-20(35(33)26(32)40)12-27(29)23(37)34(17-4-2-16(31)3-5-17)24(38)28(27,30)22(19)15-10-14-11-18(36)6-7-21(14)41-13-15/h2-8,11,13,20,22,36H,9-10,12H2,1H3/t20-,22+,27-,28+/m1/s1. The number of carbonyl (C=O) groups excluding carboxylic acids is 2. The van der Waals surface area contributed by atoms with E-state index in [2.05, 4.69) is 0 Å². The number of halogens is 3. The Morgan fingerprint density at radius 1 is 1.02 bits per heavy atom. The van der Waals surface area contributed by atoms with E-state index in [1.807, 2.05) is 0 Å². The van der Waals surface area contributed by atoms with Crippen LogP contribution in [-0.2, 0) is 29.6 Å². The van der Waals surface area contributed by atoms with Crippen LogP contribution in [0.15, 0.2) is 75.5 Å². The van der Waals surface area contributed by atoms with Crippen LogP contribution < -0.4 is 21.0 Å². The van der Waals surface area contributed by atoms with Gasteiger partial charge in [0, 0.05) is 31.4 Å². The monoisotopic (exact) mass is 598 g/mol. The van der Waals surface area contributed by atoms with Gasteiger partial charge in [-0.05, 0) is 53.6 Å². The van der Waals surface area contributed by atoms with Crippen molar-refractivity contribution in [3.8, 4) is 11.5 Å². The molecule has 2 fully saturated rings. The molecule has 0 unspecified atom stereocenters. The van der Waals surface area contributed by atoms with Gasteiger partial charge in [0.05, 0.1) is 24.5 Å². The average molecular weight is 599 g/mol. The van der Waals surface area contributed by atoms with Gasteiger partial charge in [-0.1, -0.05) is 6.08 Å². The summed E-state index contributed by atoms with van der Waals surface area (Å²) in [7, 11) is 1.35. The summed E-state index contributed by atoms with van der Waals surface area (Å²) < 4.78 is 23.1. The van der Waals surface area contributed by atoms with E-state index in [1.165, 1.54) is 46.9 Å². The normalized spacial score (nSPS) is 28.2. The molecule has 1 saturated heterocycles. The van der Waals surface area contributed by atoms with Crippen LogP contribution in [0.3, 0.4) is 0 Å². The maximum Gasteiger partial charge on any atom is 0.347 e. The minimum atomic E-state index is -2.08. The third-order valence-electron chi connectivity index (χ3n) is 8.50. The number of allylic oxidation sites excluding steroid dienone is 3. The Labute approximate surface area is 241 Å². The molecule has 0 radical (unpaired) electrons. The first-order chi connectivity index (χ1) is 19.5. The number of ether oxygens (including phenoxy) is 1. The zero-order valence-electron chi connectivity index (χ0n) is 21.4. The van der Waals surface area contributed by atoms with Crippen LogP contribution in [0.2, 0.25) is 0 Å². The Bertz CT molecular complexity index is 1870. The number of phenols is 1. The highest BCUT2D eigenvalue weighted by Crippen LogP contribution is 2.63. The zero-order valence-corrected chi connectivity index (χ0v) is 22.9. The Morgan fingerprint density at radius 3 is 2.49 bits per heavy atom. The SMILES string of the molecule is Cn1c(=O)n2n(c1=O)[C@@H]1C[C@@]3(Cl)C(=O)N(c4ccc(F)cc4)C(=O)[C@@]3(Cl)[C@@H](C3=COc4ccc(O)cc4C3)C1=CC2. The van der Waals surface area contributed by atoms with Crippen molar-refractivity contribution in [2.75, 3.05) is 4.90 Å². The molecule has 3 aromatic rings. The van der Waals surface area contributed by atoms with Crippen LogP contribution >= 0.6 is 23.2 Å². The summed E-state index contributed by atoms with van der Waals surface area (Å²) in [4.78, 5) is 51.2. The molecular formula is C28H21Cl2FN4O6. The van der Waals surface area contributed by atoms with Crippen molar-refractivity contribution in [1.82, 2.24) is 13.9 Å². The van der Waals surface area contributed by atoms with Gasteiger partial charge in [-0.25, -0.2) is 32.8 Å². The summed E-state index contributed by atoms with van der Waals surface area (Å²) in [6.45, 7) is 0.0226. The van der Waals surface area contributed by atoms with Crippen LogP contribution in [0.1, 0.15) is 18.0 Å². The molecule has 13 heteroatoms. The Morgan fingerprint density at radius 2 is 1.76 bits per heavy atom. The molecule has 4 aliphatic rings. The van der Waals surface area contributed by atoms with E-state index in [9.17, 15) is 28.7 Å². The molecule has 10 nitrogen and oxygen atoms in total. The molecule has 0 spiro atoms. The number of alkyl halides is 2. The van der Waals surface area contributed by atoms with Gasteiger partial charge in [0.2, 0.25) is 0 Å². The van der Waals surface area contributed by atoms with Gasteiger partial charge in [0.15, 0.2) is 9.75 Å². The van der Waals surface area contributed by atoms with E-state index in [0.717, 1.165) is 21.6 Å². The molecule has 1 aromatic heterocycles. The molecule has 4 heterocycles. The average Bonchev–Trinajstić information content (AvgIpc) is 3.26. The van der Waals surface area contributed by atoms with Gasteiger partial charge in [-0.2, -0.15) is 0 Å². The third-order valence-corrected chi connectivity index (χ3v) is 9.91. The third kappa shape index (κ3) is 3.24. The number of rotatable bonds is 2. The van der Waals surface area contributed by atoms with Crippen molar-refractivity contribution in [2.24, 2.45) is 13.0 Å². The van der Waals surface area contributed by atoms with Crippen LogP contribution in [0.5, 0.6) is 11.5 Å². The zero-order chi connectivity index (χ0) is 29.0. The fraction of sp³-hybridized carbons (Fsp3) is 0.286. The number of hydrogen-bond acceptors (Lipinski definition) is 6. The van der Waals surface area contributed by atoms with E-state index in [1.54, 1.807) is 12.1 Å². The lowest BCUT2D eigenvalue weighted by molar-refractivity contribution is -0.122. The van der Waals surface area contributed by atoms with Crippen LogP contribution in [0.25, 0.3) is 0 Å². The minimum absolute atomic E-state index is 0.00809. The summed E-state index contributed by atoms with van der Waals surface area (Å²) in [6, 6.07) is 8.51. The van der Waals surface area contributed by atoms with E-state index >= 15 is 0 Å². The number of aromatic nitrogens is 3. The highest BCUT2D eigenvalue weighted by molar-refractivity contribution is 6.58. The summed E-state index contributed by atoms with van der Waals surface area (Å²) in [5.41, 5.74) is 0.569. The predicted molar refractivity (Wildman–Crippen MR) is 146 cm³/mol. The first-order valence-corrected chi connectivity index (χ1v) is 13.5. The molecule has 3 aliphatic heterocycles. The lowest BCUT2D eigenvalue weighted by atomic mass is 9.63. The number of amides is 2. The van der Waals surface area contributed by atoms with Crippen LogP contribution in [0, 0.1) is 11.7 Å². The maximum atomic E-state index is 14.3. The second kappa shape index (κ2) is 8.46. The van der Waals surface area contributed by atoms with Gasteiger partial charge in [0.25, 0.3) is 11.8 Å². The fourth-order valence-corrected chi connectivity index (χ4v) is 7.51. The molecule has 210 valence electrons. The Balaban J connectivity index is 1.45. The predicted octanol–water partition coefficient (Wildman–Crippen LogP) is 2.74. The largest absolute Gasteiger partial charge is 0.508 e. The molecule has 41 heavy (non-hydrogen) atoms. The Kier molecular flexibility index (Phi) is 5.34. The van der Waals surface area contributed by atoms with Crippen molar-refractivity contribution >= 4 is 40.7 Å². The molecule has 4 atom stereocenters. The van der Waals surface area contributed by atoms with E-state index in [-0.39, 0.29) is 30.8 Å². The summed E-state index contributed by atoms with van der Waals surface area (Å²) in [5, 5.41) is 10.1. The lowest BCUT2D eigenvalue weighted by Crippen LogP contribution is -2.61. The number of anilines is 1. The summed E-state index contributed by atoms with van der Waals surface area (Å²) in [6.07, 6.45) is 3.10. The van der Waals surface area contributed by atoms with Crippen molar-refractivity contribution in [1.29, 1.82) is 0 Å². The van der Waals surface area contributed by atoms with Gasteiger partial charge in [-0.15, -0.1) is 23.2 Å². The molecule has 7 rings (SSSR count). The van der Waals surface area contributed by atoms with Gasteiger partial charge in [0.1, 0.15) is 17.3 Å². The first kappa shape index (κ1) is 25.8. The highest BCUT2D eigenvalue weighted by atomic mass is 35.5. The number of fused-ring (bicyclic) bond motifs is 5. The number of phenolic OH excluding ortho intramolecular Hbond substituents is 1. The number of nitrogens with zero attached hydrogens (tertiary/aromatic N) is 4. The van der Waals surface area contributed by atoms with Crippen molar-refractivity contribution in [3.05, 3.63) is 98.3 Å². The number of aromatic hydroxyl groups is 1. The van der Waals surface area contributed by atoms with E-state index in [4.69, 9.17) is 27.9 Å².